The minimum atomic E-state index is -0.207. The second-order valence-corrected chi connectivity index (χ2v) is 7.50. The Morgan fingerprint density at radius 3 is 1.58 bits per heavy atom. The Balaban J connectivity index is 2.14. The predicted molar refractivity (Wildman–Crippen MR) is 99.3 cm³/mol. The lowest BCUT2D eigenvalue weighted by Crippen LogP contribution is -2.05. The van der Waals surface area contributed by atoms with E-state index in [2.05, 4.69) is 55.5 Å². The molecule has 0 saturated heterocycles. The molecule has 3 aromatic carbocycles. The van der Waals surface area contributed by atoms with Crippen molar-refractivity contribution in [2.45, 2.75) is 21.6 Å². The van der Waals surface area contributed by atoms with E-state index in [1.807, 2.05) is 24.3 Å². The molecule has 3 rings (SSSR count). The van der Waals surface area contributed by atoms with Crippen LogP contribution in [0.1, 0.15) is 5.56 Å². The lowest BCUT2D eigenvalue weighted by molar-refractivity contribution is 0.413. The lowest BCUT2D eigenvalue weighted by atomic mass is 10.2. The van der Waals surface area contributed by atoms with Gasteiger partial charge in [-0.2, -0.15) is 0 Å². The number of hydrogen-bond donors (Lipinski definition) is 0. The van der Waals surface area contributed by atoms with Crippen molar-refractivity contribution in [3.8, 4) is 11.5 Å². The van der Waals surface area contributed by atoms with Gasteiger partial charge >= 0.3 is 0 Å². The van der Waals surface area contributed by atoms with Crippen LogP contribution in [0.3, 0.4) is 0 Å². The Hall–Kier alpha value is -2.39. The number of rotatable bonds is 5. The van der Waals surface area contributed by atoms with Gasteiger partial charge in [-0.1, -0.05) is 29.8 Å². The highest BCUT2D eigenvalue weighted by Crippen LogP contribution is 2.34. The minimum Gasteiger partial charge on any atom is -0.497 e. The van der Waals surface area contributed by atoms with E-state index in [1.54, 1.807) is 14.2 Å². The summed E-state index contributed by atoms with van der Waals surface area (Å²) in [5.74, 6) is 1.75. The van der Waals surface area contributed by atoms with Gasteiger partial charge in [-0.15, -0.1) is 0 Å². The van der Waals surface area contributed by atoms with Crippen LogP contribution in [0.5, 0.6) is 11.5 Å². The summed E-state index contributed by atoms with van der Waals surface area (Å²) in [7, 11) is 3.20. The summed E-state index contributed by atoms with van der Waals surface area (Å²) in [6.07, 6.45) is 0. The van der Waals surface area contributed by atoms with Crippen LogP contribution in [0.25, 0.3) is 0 Å². The molecule has 0 N–H and O–H groups in total. The van der Waals surface area contributed by atoms with Crippen LogP contribution in [-0.2, 0) is 10.9 Å². The van der Waals surface area contributed by atoms with Crippen molar-refractivity contribution in [2.75, 3.05) is 14.2 Å². The molecule has 0 aliphatic carbocycles. The van der Waals surface area contributed by atoms with E-state index in [4.69, 9.17) is 9.47 Å². The molecule has 3 aromatic rings. The maximum atomic E-state index is 5.42. The van der Waals surface area contributed by atoms with Crippen LogP contribution in [0.4, 0.5) is 0 Å². The summed E-state index contributed by atoms with van der Waals surface area (Å²) in [6.45, 7) is 2.11. The van der Waals surface area contributed by atoms with Crippen molar-refractivity contribution in [1.82, 2.24) is 0 Å². The first-order chi connectivity index (χ1) is 11.7. The molecule has 0 unspecified atom stereocenters. The number of benzene rings is 3. The van der Waals surface area contributed by atoms with Gasteiger partial charge in [-0.3, -0.25) is 0 Å². The molecule has 0 saturated carbocycles. The average molecular weight is 337 g/mol. The van der Waals surface area contributed by atoms with Crippen molar-refractivity contribution >= 4 is 10.9 Å². The van der Waals surface area contributed by atoms with Crippen molar-refractivity contribution in [1.29, 1.82) is 0 Å². The van der Waals surface area contributed by atoms with Crippen molar-refractivity contribution < 1.29 is 9.47 Å². The second kappa shape index (κ2) is 7.45. The van der Waals surface area contributed by atoms with Crippen molar-refractivity contribution in [3.63, 3.8) is 0 Å². The van der Waals surface area contributed by atoms with Crippen molar-refractivity contribution in [2.24, 2.45) is 0 Å². The zero-order valence-corrected chi connectivity index (χ0v) is 15.0. The van der Waals surface area contributed by atoms with Crippen molar-refractivity contribution in [3.05, 3.63) is 78.4 Å². The molecule has 0 atom stereocenters. The first kappa shape index (κ1) is 16.5. The fourth-order valence-corrected chi connectivity index (χ4v) is 4.66. The van der Waals surface area contributed by atoms with E-state index in [-0.39, 0.29) is 10.9 Å². The number of aryl methyl sites for hydroxylation is 1. The summed E-state index contributed by atoms with van der Waals surface area (Å²) < 4.78 is 10.8. The fourth-order valence-electron chi connectivity index (χ4n) is 2.54. The maximum Gasteiger partial charge on any atom is 0.170 e. The van der Waals surface area contributed by atoms with Crippen LogP contribution < -0.4 is 9.47 Å². The molecule has 0 spiro atoms. The SMILES string of the molecule is COc1cccc([S+](c2ccc(C)cc2)c2cccc(OC)c2)c1. The third-order valence-corrected chi connectivity index (χ3v) is 6.00. The third kappa shape index (κ3) is 3.57. The van der Waals surface area contributed by atoms with Crippen LogP contribution >= 0.6 is 0 Å². The summed E-state index contributed by atoms with van der Waals surface area (Å²) in [5, 5.41) is 0. The zero-order chi connectivity index (χ0) is 16.9. The summed E-state index contributed by atoms with van der Waals surface area (Å²) >= 11 is 0. The molecule has 24 heavy (non-hydrogen) atoms. The molecule has 3 heteroatoms. The van der Waals surface area contributed by atoms with E-state index in [0.717, 1.165) is 11.5 Å². The summed E-state index contributed by atoms with van der Waals surface area (Å²) in [5.41, 5.74) is 1.26. The average Bonchev–Trinajstić information content (AvgIpc) is 2.64. The molecule has 0 radical (unpaired) electrons. The van der Waals surface area contributed by atoms with E-state index < -0.39 is 0 Å². The van der Waals surface area contributed by atoms with Crippen LogP contribution in [0, 0.1) is 6.92 Å². The minimum absolute atomic E-state index is 0.207. The van der Waals surface area contributed by atoms with E-state index >= 15 is 0 Å². The van der Waals surface area contributed by atoms with E-state index in [9.17, 15) is 0 Å². The first-order valence-corrected chi connectivity index (χ1v) is 9.03. The number of hydrogen-bond acceptors (Lipinski definition) is 2. The smallest absolute Gasteiger partial charge is 0.170 e. The highest BCUT2D eigenvalue weighted by Gasteiger charge is 2.29. The Morgan fingerprint density at radius 2 is 1.12 bits per heavy atom. The molecule has 0 amide bonds. The van der Waals surface area contributed by atoms with Gasteiger partial charge < -0.3 is 9.47 Å². The molecular formula is C21H21O2S+. The molecule has 122 valence electrons. The molecule has 0 fully saturated rings. The van der Waals surface area contributed by atoms with Gasteiger partial charge in [0.2, 0.25) is 0 Å². The fraction of sp³-hybridized carbons (Fsp3) is 0.143. The van der Waals surface area contributed by atoms with Gasteiger partial charge in [0, 0.05) is 12.1 Å². The van der Waals surface area contributed by atoms with Gasteiger partial charge in [0.05, 0.1) is 25.1 Å². The van der Waals surface area contributed by atoms with Gasteiger partial charge in [-0.05, 0) is 43.3 Å². The molecule has 0 aliphatic rings. The number of methoxy groups -OCH3 is 2. The Morgan fingerprint density at radius 1 is 0.625 bits per heavy atom. The zero-order valence-electron chi connectivity index (χ0n) is 14.2. The topological polar surface area (TPSA) is 18.5 Å². The first-order valence-electron chi connectivity index (χ1n) is 7.80. The van der Waals surface area contributed by atoms with E-state index in [0.29, 0.717) is 0 Å². The highest BCUT2D eigenvalue weighted by atomic mass is 32.2. The highest BCUT2D eigenvalue weighted by molar-refractivity contribution is 7.97. The Kier molecular flexibility index (Phi) is 5.11. The summed E-state index contributed by atoms with van der Waals surface area (Å²) in [6, 6.07) is 25.3. The Bertz CT molecular complexity index is 765. The molecule has 0 bridgehead atoms. The van der Waals surface area contributed by atoms with Gasteiger partial charge in [0.25, 0.3) is 0 Å². The largest absolute Gasteiger partial charge is 0.497 e. The van der Waals surface area contributed by atoms with E-state index in [1.165, 1.54) is 20.2 Å². The van der Waals surface area contributed by atoms with Crippen LogP contribution in [0.2, 0.25) is 0 Å². The molecule has 0 aromatic heterocycles. The molecule has 0 heterocycles. The van der Waals surface area contributed by atoms with Gasteiger partial charge in [-0.25, -0.2) is 0 Å². The molecule has 0 aliphatic heterocycles. The predicted octanol–water partition coefficient (Wildman–Crippen LogP) is 5.11. The maximum absolute atomic E-state index is 5.42. The van der Waals surface area contributed by atoms with Crippen LogP contribution in [0.15, 0.2) is 87.5 Å². The van der Waals surface area contributed by atoms with Gasteiger partial charge in [0.15, 0.2) is 14.7 Å². The lowest BCUT2D eigenvalue weighted by Gasteiger charge is -2.10. The standard InChI is InChI=1S/C21H21O2S/c1-16-10-12-19(13-11-16)24(20-8-4-6-17(14-20)22-2)21-9-5-7-18(15-21)23-3/h4-15H,1-3H3/q+1. The molecule has 2 nitrogen and oxygen atoms in total. The number of ether oxygens (including phenoxy) is 2. The summed E-state index contributed by atoms with van der Waals surface area (Å²) in [4.78, 5) is 3.74. The Labute approximate surface area is 146 Å². The monoisotopic (exact) mass is 337 g/mol. The van der Waals surface area contributed by atoms with Gasteiger partial charge in [0.1, 0.15) is 11.5 Å². The van der Waals surface area contributed by atoms with Crippen LogP contribution in [-0.4, -0.2) is 14.2 Å². The molecular weight excluding hydrogens is 316 g/mol. The quantitative estimate of drug-likeness (QED) is 0.603. The third-order valence-electron chi connectivity index (χ3n) is 3.81. The second-order valence-electron chi connectivity index (χ2n) is 5.48. The normalized spacial score (nSPS) is 10.7.